The van der Waals surface area contributed by atoms with Crippen LogP contribution in [0.25, 0.3) is 0 Å². The number of nitrogens with zero attached hydrogens (tertiary/aromatic N) is 3. The molecule has 2 aromatic rings. The average Bonchev–Trinajstić information content (AvgIpc) is 3.11. The van der Waals surface area contributed by atoms with Crippen molar-refractivity contribution in [1.82, 2.24) is 19.4 Å². The highest BCUT2D eigenvalue weighted by molar-refractivity contribution is 7.88. The molecule has 0 aromatic carbocycles. The Hall–Kier alpha value is -1.67. The Kier molecular flexibility index (Phi) is 3.58. The maximum absolute atomic E-state index is 12.4. The quantitative estimate of drug-likeness (QED) is 0.912. The van der Waals surface area contributed by atoms with Gasteiger partial charge in [-0.25, -0.2) is 17.7 Å². The van der Waals surface area contributed by atoms with Crippen LogP contribution in [0.4, 0.5) is 0 Å². The van der Waals surface area contributed by atoms with Gasteiger partial charge < -0.3 is 9.51 Å². The molecule has 0 radical (unpaired) electrons. The normalized spacial score (nSPS) is 21.1. The zero-order valence-electron chi connectivity index (χ0n) is 10.9. The zero-order valence-corrected chi connectivity index (χ0v) is 11.7. The van der Waals surface area contributed by atoms with Crippen molar-refractivity contribution in [2.45, 2.75) is 24.5 Å². The second-order valence-corrected chi connectivity index (χ2v) is 6.89. The predicted molar refractivity (Wildman–Crippen MR) is 71.3 cm³/mol. The number of hydrogen-bond donors (Lipinski definition) is 1. The van der Waals surface area contributed by atoms with Crippen LogP contribution in [0.2, 0.25) is 0 Å². The molecule has 0 aliphatic carbocycles. The van der Waals surface area contributed by atoms with Crippen LogP contribution in [0.15, 0.2) is 29.2 Å². The number of H-pyrrole nitrogens is 1. The highest BCUT2D eigenvalue weighted by Crippen LogP contribution is 2.26. The first-order valence-electron chi connectivity index (χ1n) is 6.51. The van der Waals surface area contributed by atoms with Gasteiger partial charge in [0.2, 0.25) is 10.0 Å². The van der Waals surface area contributed by atoms with Crippen molar-refractivity contribution < 1.29 is 12.9 Å². The van der Waals surface area contributed by atoms with Crippen LogP contribution in [0, 0.1) is 0 Å². The fourth-order valence-electron chi connectivity index (χ4n) is 2.51. The minimum Gasteiger partial charge on any atom is -0.364 e. The Bertz CT molecular complexity index is 636. The molecule has 1 atom stereocenters. The zero-order chi connectivity index (χ0) is 14.0. The molecule has 3 rings (SSSR count). The number of piperidine rings is 1. The molecule has 108 valence electrons. The van der Waals surface area contributed by atoms with Crippen molar-refractivity contribution in [2.24, 2.45) is 0 Å². The number of aromatic nitrogens is 3. The maximum atomic E-state index is 12.4. The van der Waals surface area contributed by atoms with Crippen LogP contribution in [0.1, 0.15) is 30.3 Å². The first-order chi connectivity index (χ1) is 9.65. The average molecular weight is 296 g/mol. The fraction of sp³-hybridized carbons (Fsp3) is 0.500. The Labute approximate surface area is 117 Å². The molecule has 3 heterocycles. The Morgan fingerprint density at radius 2 is 2.40 bits per heavy atom. The standard InChI is InChI=1S/C12H16N4O3S/c17-20(18,9-11-3-7-19-15-11)16-6-1-2-10(8-16)12-13-4-5-14-12/h3-5,7,10H,1-2,6,8-9H2,(H,13,14). The second kappa shape index (κ2) is 5.37. The topological polar surface area (TPSA) is 92.1 Å². The van der Waals surface area contributed by atoms with E-state index in [1.165, 1.54) is 10.6 Å². The van der Waals surface area contributed by atoms with Crippen LogP contribution < -0.4 is 0 Å². The van der Waals surface area contributed by atoms with Gasteiger partial charge >= 0.3 is 0 Å². The maximum Gasteiger partial charge on any atom is 0.219 e. The highest BCUT2D eigenvalue weighted by Gasteiger charge is 2.31. The van der Waals surface area contributed by atoms with E-state index in [0.717, 1.165) is 18.7 Å². The van der Waals surface area contributed by atoms with E-state index in [1.54, 1.807) is 18.5 Å². The molecule has 0 amide bonds. The van der Waals surface area contributed by atoms with Gasteiger partial charge in [-0.1, -0.05) is 5.16 Å². The number of hydrogen-bond acceptors (Lipinski definition) is 5. The number of sulfonamides is 1. The minimum absolute atomic E-state index is 0.117. The van der Waals surface area contributed by atoms with Crippen molar-refractivity contribution in [3.63, 3.8) is 0 Å². The van der Waals surface area contributed by atoms with Crippen molar-refractivity contribution in [1.29, 1.82) is 0 Å². The summed E-state index contributed by atoms with van der Waals surface area (Å²) in [5, 5.41) is 3.67. The van der Waals surface area contributed by atoms with E-state index >= 15 is 0 Å². The van der Waals surface area contributed by atoms with Gasteiger partial charge in [0, 0.05) is 37.5 Å². The lowest BCUT2D eigenvalue weighted by atomic mass is 9.99. The summed E-state index contributed by atoms with van der Waals surface area (Å²) in [6.07, 6.45) is 6.62. The number of rotatable bonds is 4. The van der Waals surface area contributed by atoms with E-state index in [2.05, 4.69) is 19.6 Å². The lowest BCUT2D eigenvalue weighted by Crippen LogP contribution is -2.40. The molecule has 7 nitrogen and oxygen atoms in total. The third-order valence-corrected chi connectivity index (χ3v) is 5.28. The summed E-state index contributed by atoms with van der Waals surface area (Å²) >= 11 is 0. The van der Waals surface area contributed by atoms with Crippen LogP contribution >= 0.6 is 0 Å². The molecule has 1 aliphatic rings. The van der Waals surface area contributed by atoms with Gasteiger partial charge in [0.05, 0.1) is 5.69 Å². The van der Waals surface area contributed by atoms with Gasteiger partial charge in [-0.2, -0.15) is 0 Å². The van der Waals surface area contributed by atoms with E-state index in [9.17, 15) is 8.42 Å². The van der Waals surface area contributed by atoms with Gasteiger partial charge in [-0.05, 0) is 12.8 Å². The molecular formula is C12H16N4O3S. The van der Waals surface area contributed by atoms with E-state index in [-0.39, 0.29) is 11.7 Å². The van der Waals surface area contributed by atoms with E-state index in [4.69, 9.17) is 0 Å². The molecule has 1 fully saturated rings. The van der Waals surface area contributed by atoms with E-state index in [1.807, 2.05) is 0 Å². The first-order valence-corrected chi connectivity index (χ1v) is 8.12. The van der Waals surface area contributed by atoms with Gasteiger partial charge in [0.1, 0.15) is 17.8 Å². The monoisotopic (exact) mass is 296 g/mol. The Morgan fingerprint density at radius 3 is 3.10 bits per heavy atom. The van der Waals surface area contributed by atoms with Crippen molar-refractivity contribution in [3.05, 3.63) is 36.2 Å². The summed E-state index contributed by atoms with van der Waals surface area (Å²) in [5.74, 6) is 0.867. The lowest BCUT2D eigenvalue weighted by molar-refractivity contribution is 0.309. The fourth-order valence-corrected chi connectivity index (χ4v) is 4.03. The third-order valence-electron chi connectivity index (χ3n) is 3.51. The summed E-state index contributed by atoms with van der Waals surface area (Å²) in [7, 11) is -3.36. The van der Waals surface area contributed by atoms with Crippen molar-refractivity contribution >= 4 is 10.0 Å². The summed E-state index contributed by atoms with van der Waals surface area (Å²) in [5.41, 5.74) is 0.435. The van der Waals surface area contributed by atoms with Gasteiger partial charge in [-0.15, -0.1) is 0 Å². The lowest BCUT2D eigenvalue weighted by Gasteiger charge is -2.30. The largest absolute Gasteiger partial charge is 0.364 e. The van der Waals surface area contributed by atoms with Gasteiger partial charge in [0.25, 0.3) is 0 Å². The summed E-state index contributed by atoms with van der Waals surface area (Å²) in [6, 6.07) is 1.57. The molecule has 1 unspecified atom stereocenters. The molecule has 20 heavy (non-hydrogen) atoms. The van der Waals surface area contributed by atoms with E-state index < -0.39 is 10.0 Å². The third kappa shape index (κ3) is 2.75. The molecule has 0 bridgehead atoms. The molecule has 1 aliphatic heterocycles. The molecule has 0 spiro atoms. The number of nitrogens with one attached hydrogen (secondary N) is 1. The smallest absolute Gasteiger partial charge is 0.219 e. The minimum atomic E-state index is -3.36. The van der Waals surface area contributed by atoms with Crippen molar-refractivity contribution in [3.8, 4) is 0 Å². The number of imidazole rings is 1. The predicted octanol–water partition coefficient (Wildman–Crippen LogP) is 1.11. The second-order valence-electron chi connectivity index (χ2n) is 4.92. The molecular weight excluding hydrogens is 280 g/mol. The van der Waals surface area contributed by atoms with Crippen LogP contribution in [-0.2, 0) is 15.8 Å². The van der Waals surface area contributed by atoms with Crippen LogP contribution in [-0.4, -0.2) is 40.9 Å². The van der Waals surface area contributed by atoms with Crippen LogP contribution in [0.5, 0.6) is 0 Å². The van der Waals surface area contributed by atoms with Gasteiger partial charge in [-0.3, -0.25) is 0 Å². The number of aromatic amines is 1. The first kappa shape index (κ1) is 13.3. The van der Waals surface area contributed by atoms with E-state index in [0.29, 0.717) is 18.8 Å². The summed E-state index contributed by atoms with van der Waals surface area (Å²) < 4.78 is 31.0. The summed E-state index contributed by atoms with van der Waals surface area (Å²) in [4.78, 5) is 7.29. The molecule has 1 saturated heterocycles. The van der Waals surface area contributed by atoms with Gasteiger partial charge in [0.15, 0.2) is 0 Å². The molecule has 2 aromatic heterocycles. The van der Waals surface area contributed by atoms with Crippen molar-refractivity contribution in [2.75, 3.05) is 13.1 Å². The Morgan fingerprint density at radius 1 is 1.50 bits per heavy atom. The Balaban J connectivity index is 1.73. The summed E-state index contributed by atoms with van der Waals surface area (Å²) in [6.45, 7) is 1.02. The SMILES string of the molecule is O=S(=O)(Cc1ccon1)N1CCCC(c2ncc[nH]2)C1. The molecule has 1 N–H and O–H groups in total. The molecule has 0 saturated carbocycles. The van der Waals surface area contributed by atoms with Crippen LogP contribution in [0.3, 0.4) is 0 Å². The highest BCUT2D eigenvalue weighted by atomic mass is 32.2. The molecule has 8 heteroatoms.